The SMILES string of the molecule is CCOC(=O)CC1=CCCN(CCc2c[nH]c3ccccc23)C1. The summed E-state index contributed by atoms with van der Waals surface area (Å²) in [6, 6.07) is 8.42. The zero-order chi connectivity index (χ0) is 16.1. The predicted octanol–water partition coefficient (Wildman–Crippen LogP) is 3.30. The van der Waals surface area contributed by atoms with E-state index in [9.17, 15) is 4.79 Å². The number of para-hydroxylation sites is 1. The van der Waals surface area contributed by atoms with Crippen molar-refractivity contribution in [3.8, 4) is 0 Å². The summed E-state index contributed by atoms with van der Waals surface area (Å²) in [4.78, 5) is 17.4. The lowest BCUT2D eigenvalue weighted by Gasteiger charge is -2.27. The van der Waals surface area contributed by atoms with Crippen LogP contribution in [0.25, 0.3) is 10.9 Å². The Morgan fingerprint density at radius 3 is 3.09 bits per heavy atom. The third-order valence-electron chi connectivity index (χ3n) is 4.35. The highest BCUT2D eigenvalue weighted by atomic mass is 16.5. The van der Waals surface area contributed by atoms with Gasteiger partial charge in [0.15, 0.2) is 0 Å². The molecule has 2 aromatic rings. The number of carbonyl (C=O) groups is 1. The van der Waals surface area contributed by atoms with Crippen LogP contribution >= 0.6 is 0 Å². The molecule has 0 spiro atoms. The lowest BCUT2D eigenvalue weighted by Crippen LogP contribution is -2.32. The van der Waals surface area contributed by atoms with Crippen LogP contribution in [0.2, 0.25) is 0 Å². The average molecular weight is 312 g/mol. The summed E-state index contributed by atoms with van der Waals surface area (Å²) < 4.78 is 5.04. The van der Waals surface area contributed by atoms with Crippen LogP contribution in [0.1, 0.15) is 25.3 Å². The molecule has 4 heteroatoms. The van der Waals surface area contributed by atoms with Crippen molar-refractivity contribution in [2.24, 2.45) is 0 Å². The number of hydrogen-bond donors (Lipinski definition) is 1. The molecule has 0 bridgehead atoms. The number of hydrogen-bond acceptors (Lipinski definition) is 3. The monoisotopic (exact) mass is 312 g/mol. The van der Waals surface area contributed by atoms with Gasteiger partial charge < -0.3 is 9.72 Å². The van der Waals surface area contributed by atoms with E-state index in [2.05, 4.69) is 46.4 Å². The van der Waals surface area contributed by atoms with Gasteiger partial charge in [0.05, 0.1) is 13.0 Å². The third-order valence-corrected chi connectivity index (χ3v) is 4.35. The maximum Gasteiger partial charge on any atom is 0.309 e. The van der Waals surface area contributed by atoms with Gasteiger partial charge in [-0.3, -0.25) is 9.69 Å². The minimum atomic E-state index is -0.114. The molecule has 4 nitrogen and oxygen atoms in total. The molecule has 0 atom stereocenters. The molecule has 23 heavy (non-hydrogen) atoms. The Bertz CT molecular complexity index is 702. The Labute approximate surface area is 137 Å². The van der Waals surface area contributed by atoms with Crippen molar-refractivity contribution < 1.29 is 9.53 Å². The average Bonchev–Trinajstić information content (AvgIpc) is 2.97. The van der Waals surface area contributed by atoms with Crippen molar-refractivity contribution in [2.45, 2.75) is 26.2 Å². The molecular weight excluding hydrogens is 288 g/mol. The summed E-state index contributed by atoms with van der Waals surface area (Å²) in [5, 5.41) is 1.31. The lowest BCUT2D eigenvalue weighted by atomic mass is 10.1. The Morgan fingerprint density at radius 2 is 2.22 bits per heavy atom. The van der Waals surface area contributed by atoms with Crippen LogP contribution in [-0.2, 0) is 16.0 Å². The number of carbonyl (C=O) groups excluding carboxylic acids is 1. The van der Waals surface area contributed by atoms with Gasteiger partial charge in [-0.1, -0.05) is 24.3 Å². The second-order valence-electron chi connectivity index (χ2n) is 6.02. The molecule has 122 valence electrons. The summed E-state index contributed by atoms with van der Waals surface area (Å²) in [6.45, 7) is 5.26. The largest absolute Gasteiger partial charge is 0.466 e. The molecule has 0 saturated carbocycles. The molecular formula is C19H24N2O2. The quantitative estimate of drug-likeness (QED) is 0.657. The molecule has 1 N–H and O–H groups in total. The second-order valence-corrected chi connectivity index (χ2v) is 6.02. The van der Waals surface area contributed by atoms with Crippen molar-refractivity contribution in [1.82, 2.24) is 9.88 Å². The molecule has 0 saturated heterocycles. The zero-order valence-electron chi connectivity index (χ0n) is 13.7. The number of ether oxygens (including phenoxy) is 1. The fourth-order valence-electron chi connectivity index (χ4n) is 3.22. The number of nitrogens with one attached hydrogen (secondary N) is 1. The molecule has 1 aromatic heterocycles. The van der Waals surface area contributed by atoms with Gasteiger partial charge in [0.1, 0.15) is 0 Å². The van der Waals surface area contributed by atoms with E-state index in [1.165, 1.54) is 22.0 Å². The van der Waals surface area contributed by atoms with E-state index in [0.29, 0.717) is 13.0 Å². The van der Waals surface area contributed by atoms with Crippen LogP contribution in [0.4, 0.5) is 0 Å². The van der Waals surface area contributed by atoms with E-state index in [1.54, 1.807) is 0 Å². The highest BCUT2D eigenvalue weighted by Gasteiger charge is 2.16. The van der Waals surface area contributed by atoms with E-state index >= 15 is 0 Å². The fourth-order valence-corrected chi connectivity index (χ4v) is 3.22. The van der Waals surface area contributed by atoms with E-state index < -0.39 is 0 Å². The van der Waals surface area contributed by atoms with Crippen LogP contribution in [0.5, 0.6) is 0 Å². The first kappa shape index (κ1) is 15.8. The molecule has 3 rings (SSSR count). The topological polar surface area (TPSA) is 45.3 Å². The number of esters is 1. The Hall–Kier alpha value is -2.07. The summed E-state index contributed by atoms with van der Waals surface area (Å²) in [5.74, 6) is -0.114. The summed E-state index contributed by atoms with van der Waals surface area (Å²) in [5.41, 5.74) is 3.75. The molecule has 0 aliphatic carbocycles. The maximum absolute atomic E-state index is 11.6. The van der Waals surface area contributed by atoms with Crippen LogP contribution in [0.3, 0.4) is 0 Å². The highest BCUT2D eigenvalue weighted by molar-refractivity contribution is 5.83. The summed E-state index contributed by atoms with van der Waals surface area (Å²) >= 11 is 0. The van der Waals surface area contributed by atoms with Crippen molar-refractivity contribution in [1.29, 1.82) is 0 Å². The molecule has 1 aromatic carbocycles. The summed E-state index contributed by atoms with van der Waals surface area (Å²) in [6.07, 6.45) is 6.78. The van der Waals surface area contributed by atoms with Crippen LogP contribution in [0.15, 0.2) is 42.1 Å². The van der Waals surface area contributed by atoms with Gasteiger partial charge in [-0.25, -0.2) is 0 Å². The molecule has 1 aliphatic rings. The zero-order valence-corrected chi connectivity index (χ0v) is 13.7. The van der Waals surface area contributed by atoms with Crippen LogP contribution in [0, 0.1) is 0 Å². The first-order chi connectivity index (χ1) is 11.3. The molecule has 1 aliphatic heterocycles. The van der Waals surface area contributed by atoms with Gasteiger partial charge in [0.2, 0.25) is 0 Å². The van der Waals surface area contributed by atoms with E-state index in [0.717, 1.165) is 32.5 Å². The van der Waals surface area contributed by atoms with Gasteiger partial charge >= 0.3 is 5.97 Å². The number of nitrogens with zero attached hydrogens (tertiary/aromatic N) is 1. The lowest BCUT2D eigenvalue weighted by molar-refractivity contribution is -0.142. The molecule has 2 heterocycles. The maximum atomic E-state index is 11.6. The van der Waals surface area contributed by atoms with E-state index in [1.807, 2.05) is 6.92 Å². The van der Waals surface area contributed by atoms with Crippen molar-refractivity contribution in [2.75, 3.05) is 26.2 Å². The Kier molecular flexibility index (Phi) is 5.13. The first-order valence-corrected chi connectivity index (χ1v) is 8.37. The molecule has 0 fully saturated rings. The number of H-pyrrole nitrogens is 1. The first-order valence-electron chi connectivity index (χ1n) is 8.37. The molecule has 0 radical (unpaired) electrons. The number of rotatable bonds is 6. The molecule has 0 unspecified atom stereocenters. The second kappa shape index (κ2) is 7.47. The Balaban J connectivity index is 1.55. The van der Waals surface area contributed by atoms with Crippen molar-refractivity contribution in [3.05, 3.63) is 47.7 Å². The third kappa shape index (κ3) is 4.02. The number of fused-ring (bicyclic) bond motifs is 1. The van der Waals surface area contributed by atoms with Crippen LogP contribution < -0.4 is 0 Å². The van der Waals surface area contributed by atoms with Crippen LogP contribution in [-0.4, -0.2) is 42.1 Å². The van der Waals surface area contributed by atoms with E-state index in [-0.39, 0.29) is 5.97 Å². The van der Waals surface area contributed by atoms with Gasteiger partial charge in [0, 0.05) is 36.7 Å². The van der Waals surface area contributed by atoms with Crippen molar-refractivity contribution in [3.63, 3.8) is 0 Å². The highest BCUT2D eigenvalue weighted by Crippen LogP contribution is 2.19. The normalized spacial score (nSPS) is 15.6. The van der Waals surface area contributed by atoms with Gasteiger partial charge in [-0.05, 0) is 37.0 Å². The van der Waals surface area contributed by atoms with Gasteiger partial charge in [-0.2, -0.15) is 0 Å². The number of aromatic nitrogens is 1. The van der Waals surface area contributed by atoms with E-state index in [4.69, 9.17) is 4.74 Å². The fraction of sp³-hybridized carbons (Fsp3) is 0.421. The predicted molar refractivity (Wildman–Crippen MR) is 92.4 cm³/mol. The smallest absolute Gasteiger partial charge is 0.309 e. The number of benzene rings is 1. The van der Waals surface area contributed by atoms with Gasteiger partial charge in [-0.15, -0.1) is 0 Å². The van der Waals surface area contributed by atoms with Crippen molar-refractivity contribution >= 4 is 16.9 Å². The standard InChI is InChI=1S/C19H24N2O2/c1-2-23-19(22)12-15-6-5-10-21(14-15)11-9-16-13-20-18-8-4-3-7-17(16)18/h3-4,6-8,13,20H,2,5,9-12,14H2,1H3. The minimum Gasteiger partial charge on any atom is -0.466 e. The van der Waals surface area contributed by atoms with Gasteiger partial charge in [0.25, 0.3) is 0 Å². The minimum absolute atomic E-state index is 0.114. The number of aromatic amines is 1. The summed E-state index contributed by atoms with van der Waals surface area (Å²) in [7, 11) is 0. The Morgan fingerprint density at radius 1 is 1.35 bits per heavy atom. The molecule has 0 amide bonds.